The molecule has 0 aromatic carbocycles. The van der Waals surface area contributed by atoms with Gasteiger partial charge in [-0.2, -0.15) is 0 Å². The standard InChI is InChI=1S/C12H22N4O2/c1-10(11-3-6-18-9-11)13-7-12-8-16(15-14-12)4-2-5-17/h8,10-11,13,17H,2-7,9H2,1H3. The number of aryl methyl sites for hydroxylation is 1. The maximum absolute atomic E-state index is 8.75. The summed E-state index contributed by atoms with van der Waals surface area (Å²) in [6.45, 7) is 5.57. The van der Waals surface area contributed by atoms with E-state index in [-0.39, 0.29) is 6.61 Å². The molecule has 2 rings (SSSR count). The Hall–Kier alpha value is -0.980. The van der Waals surface area contributed by atoms with Crippen LogP contribution in [0, 0.1) is 5.92 Å². The Balaban J connectivity index is 1.73. The number of aliphatic hydroxyl groups excluding tert-OH is 1. The second kappa shape index (κ2) is 6.82. The first-order valence-corrected chi connectivity index (χ1v) is 6.60. The van der Waals surface area contributed by atoms with Gasteiger partial charge in [-0.15, -0.1) is 5.10 Å². The normalized spacial score (nSPS) is 21.3. The number of ether oxygens (including phenoxy) is 1. The van der Waals surface area contributed by atoms with Crippen LogP contribution in [-0.4, -0.2) is 46.0 Å². The molecule has 2 N–H and O–H groups in total. The van der Waals surface area contributed by atoms with E-state index in [4.69, 9.17) is 9.84 Å². The molecule has 0 amide bonds. The first kappa shape index (κ1) is 13.5. The highest BCUT2D eigenvalue weighted by molar-refractivity contribution is 4.92. The molecule has 1 aromatic rings. The zero-order valence-corrected chi connectivity index (χ0v) is 10.9. The van der Waals surface area contributed by atoms with Crippen molar-refractivity contribution in [1.82, 2.24) is 20.3 Å². The van der Waals surface area contributed by atoms with Crippen molar-refractivity contribution < 1.29 is 9.84 Å². The molecule has 0 radical (unpaired) electrons. The zero-order valence-electron chi connectivity index (χ0n) is 10.9. The van der Waals surface area contributed by atoms with Crippen LogP contribution >= 0.6 is 0 Å². The topological polar surface area (TPSA) is 72.2 Å². The fraction of sp³-hybridized carbons (Fsp3) is 0.833. The number of rotatable bonds is 7. The quantitative estimate of drug-likeness (QED) is 0.726. The maximum atomic E-state index is 8.75. The molecule has 1 aliphatic rings. The van der Waals surface area contributed by atoms with Crippen LogP contribution in [0.2, 0.25) is 0 Å². The molecular formula is C12H22N4O2. The number of hydrogen-bond donors (Lipinski definition) is 2. The Labute approximate surface area is 107 Å². The zero-order chi connectivity index (χ0) is 12.8. The van der Waals surface area contributed by atoms with Crippen molar-refractivity contribution >= 4 is 0 Å². The van der Waals surface area contributed by atoms with Crippen LogP contribution in [0.3, 0.4) is 0 Å². The summed E-state index contributed by atoms with van der Waals surface area (Å²) < 4.78 is 7.16. The number of hydrogen-bond acceptors (Lipinski definition) is 5. The summed E-state index contributed by atoms with van der Waals surface area (Å²) in [7, 11) is 0. The molecule has 6 nitrogen and oxygen atoms in total. The molecule has 2 atom stereocenters. The van der Waals surface area contributed by atoms with Crippen LogP contribution in [0.4, 0.5) is 0 Å². The molecule has 2 heterocycles. The van der Waals surface area contributed by atoms with E-state index in [2.05, 4.69) is 22.6 Å². The molecule has 18 heavy (non-hydrogen) atoms. The van der Waals surface area contributed by atoms with E-state index in [9.17, 15) is 0 Å². The molecule has 6 heteroatoms. The molecule has 0 bridgehead atoms. The number of aliphatic hydroxyl groups is 1. The van der Waals surface area contributed by atoms with E-state index in [1.807, 2.05) is 6.20 Å². The molecule has 102 valence electrons. The van der Waals surface area contributed by atoms with Gasteiger partial charge in [0.05, 0.1) is 12.3 Å². The Morgan fingerprint density at radius 2 is 2.56 bits per heavy atom. The largest absolute Gasteiger partial charge is 0.396 e. The highest BCUT2D eigenvalue weighted by atomic mass is 16.5. The highest BCUT2D eigenvalue weighted by Crippen LogP contribution is 2.16. The van der Waals surface area contributed by atoms with Gasteiger partial charge in [-0.1, -0.05) is 5.21 Å². The van der Waals surface area contributed by atoms with Crippen LogP contribution in [0.1, 0.15) is 25.5 Å². The first-order chi connectivity index (χ1) is 8.79. The van der Waals surface area contributed by atoms with Gasteiger partial charge in [-0.25, -0.2) is 0 Å². The van der Waals surface area contributed by atoms with Crippen LogP contribution in [0.25, 0.3) is 0 Å². The summed E-state index contributed by atoms with van der Waals surface area (Å²) in [4.78, 5) is 0. The molecule has 0 saturated carbocycles. The van der Waals surface area contributed by atoms with Crippen molar-refractivity contribution in [2.24, 2.45) is 5.92 Å². The molecule has 0 spiro atoms. The van der Waals surface area contributed by atoms with Crippen molar-refractivity contribution in [2.75, 3.05) is 19.8 Å². The van der Waals surface area contributed by atoms with Crippen LogP contribution in [-0.2, 0) is 17.8 Å². The average Bonchev–Trinajstić information content (AvgIpc) is 3.04. The van der Waals surface area contributed by atoms with Crippen LogP contribution < -0.4 is 5.32 Å². The molecule has 1 aliphatic heterocycles. The van der Waals surface area contributed by atoms with E-state index in [0.29, 0.717) is 18.4 Å². The van der Waals surface area contributed by atoms with Crippen molar-refractivity contribution in [3.8, 4) is 0 Å². The fourth-order valence-electron chi connectivity index (χ4n) is 2.14. The molecular weight excluding hydrogens is 232 g/mol. The second-order valence-electron chi connectivity index (χ2n) is 4.84. The van der Waals surface area contributed by atoms with Gasteiger partial charge in [0.2, 0.25) is 0 Å². The van der Waals surface area contributed by atoms with Crippen molar-refractivity contribution in [2.45, 2.75) is 38.9 Å². The Morgan fingerprint density at radius 1 is 1.67 bits per heavy atom. The van der Waals surface area contributed by atoms with E-state index in [1.165, 1.54) is 0 Å². The van der Waals surface area contributed by atoms with Gasteiger partial charge in [-0.3, -0.25) is 4.68 Å². The average molecular weight is 254 g/mol. The number of nitrogens with one attached hydrogen (secondary N) is 1. The maximum Gasteiger partial charge on any atom is 0.0964 e. The smallest absolute Gasteiger partial charge is 0.0964 e. The Bertz CT molecular complexity index is 350. The minimum absolute atomic E-state index is 0.187. The summed E-state index contributed by atoms with van der Waals surface area (Å²) in [5.41, 5.74) is 0.943. The van der Waals surface area contributed by atoms with Gasteiger partial charge in [0.1, 0.15) is 0 Å². The molecule has 0 aliphatic carbocycles. The fourth-order valence-corrected chi connectivity index (χ4v) is 2.14. The van der Waals surface area contributed by atoms with Gasteiger partial charge in [-0.05, 0) is 25.7 Å². The van der Waals surface area contributed by atoms with Gasteiger partial charge >= 0.3 is 0 Å². The van der Waals surface area contributed by atoms with Gasteiger partial charge in [0.25, 0.3) is 0 Å². The first-order valence-electron chi connectivity index (χ1n) is 6.60. The predicted octanol–water partition coefficient (Wildman–Crippen LogP) is 0.175. The molecule has 2 unspecified atom stereocenters. The Kier molecular flexibility index (Phi) is 5.10. The van der Waals surface area contributed by atoms with E-state index in [1.54, 1.807) is 4.68 Å². The number of aromatic nitrogens is 3. The van der Waals surface area contributed by atoms with Crippen molar-refractivity contribution in [1.29, 1.82) is 0 Å². The van der Waals surface area contributed by atoms with Gasteiger partial charge in [0, 0.05) is 38.5 Å². The van der Waals surface area contributed by atoms with Gasteiger partial charge < -0.3 is 15.2 Å². The molecule has 1 fully saturated rings. The summed E-state index contributed by atoms with van der Waals surface area (Å²) in [5, 5.41) is 20.3. The SMILES string of the molecule is CC(NCc1cn(CCCO)nn1)C1CCOC1. The predicted molar refractivity (Wildman–Crippen MR) is 67.0 cm³/mol. The van der Waals surface area contributed by atoms with Crippen LogP contribution in [0.5, 0.6) is 0 Å². The third kappa shape index (κ3) is 3.76. The van der Waals surface area contributed by atoms with E-state index >= 15 is 0 Å². The summed E-state index contributed by atoms with van der Waals surface area (Å²) >= 11 is 0. The lowest BCUT2D eigenvalue weighted by atomic mass is 10.0. The number of nitrogens with zero attached hydrogens (tertiary/aromatic N) is 3. The minimum Gasteiger partial charge on any atom is -0.396 e. The second-order valence-corrected chi connectivity index (χ2v) is 4.84. The summed E-state index contributed by atoms with van der Waals surface area (Å²) in [5.74, 6) is 0.606. The highest BCUT2D eigenvalue weighted by Gasteiger charge is 2.21. The lowest BCUT2D eigenvalue weighted by Crippen LogP contribution is -2.33. The van der Waals surface area contributed by atoms with E-state index in [0.717, 1.165) is 38.4 Å². The minimum atomic E-state index is 0.187. The monoisotopic (exact) mass is 254 g/mol. The van der Waals surface area contributed by atoms with Crippen molar-refractivity contribution in [3.63, 3.8) is 0 Å². The van der Waals surface area contributed by atoms with Gasteiger partial charge in [0.15, 0.2) is 0 Å². The third-order valence-electron chi connectivity index (χ3n) is 3.41. The Morgan fingerprint density at radius 3 is 3.28 bits per heavy atom. The van der Waals surface area contributed by atoms with E-state index < -0.39 is 0 Å². The molecule has 1 aromatic heterocycles. The summed E-state index contributed by atoms with van der Waals surface area (Å²) in [6.07, 6.45) is 3.78. The van der Waals surface area contributed by atoms with Crippen LogP contribution in [0.15, 0.2) is 6.20 Å². The molecule has 1 saturated heterocycles. The third-order valence-corrected chi connectivity index (χ3v) is 3.41. The summed E-state index contributed by atoms with van der Waals surface area (Å²) in [6, 6.07) is 0.440. The lowest BCUT2D eigenvalue weighted by Gasteiger charge is -2.18. The van der Waals surface area contributed by atoms with Crippen molar-refractivity contribution in [3.05, 3.63) is 11.9 Å². The lowest BCUT2D eigenvalue weighted by molar-refractivity contribution is 0.178.